The Morgan fingerprint density at radius 3 is 2.75 bits per heavy atom. The number of pyridine rings is 1. The topological polar surface area (TPSA) is 126 Å². The second-order valence-electron chi connectivity index (χ2n) is 10.00. The molecule has 2 N–H and O–H groups in total. The molecule has 1 atom stereocenters. The number of rotatable bonds is 10. The van der Waals surface area contributed by atoms with E-state index in [4.69, 9.17) is 30.8 Å². The molecule has 0 amide bonds. The Morgan fingerprint density at radius 2 is 2.00 bits per heavy atom. The SMILES string of the molecule is N#Cc1cc(Cl)ccc1OCc1cc(OC2CN(Cc3nc4ccc(C(O)O)cc4n3C[C@@H]3CCO3)C2)ccn1. The number of hydrogen-bond donors (Lipinski definition) is 2. The lowest BCUT2D eigenvalue weighted by Crippen LogP contribution is -2.53. The number of ether oxygens (including phenoxy) is 3. The van der Waals surface area contributed by atoms with Crippen LogP contribution in [0.15, 0.2) is 54.7 Å². The summed E-state index contributed by atoms with van der Waals surface area (Å²) >= 11 is 5.96. The van der Waals surface area contributed by atoms with E-state index in [1.54, 1.807) is 36.5 Å². The van der Waals surface area contributed by atoms with Gasteiger partial charge in [-0.1, -0.05) is 17.7 Å². The molecule has 6 rings (SSSR count). The lowest BCUT2D eigenvalue weighted by Gasteiger charge is -2.39. The molecule has 11 heteroatoms. The van der Waals surface area contributed by atoms with Crippen LogP contribution in [0, 0.1) is 11.3 Å². The van der Waals surface area contributed by atoms with Crippen molar-refractivity contribution in [2.24, 2.45) is 0 Å². The van der Waals surface area contributed by atoms with Crippen LogP contribution in [-0.2, 0) is 24.4 Å². The fraction of sp³-hybridized carbons (Fsp3) is 0.345. The number of benzene rings is 2. The molecular formula is C29H28ClN5O5. The van der Waals surface area contributed by atoms with Crippen molar-refractivity contribution < 1.29 is 24.4 Å². The van der Waals surface area contributed by atoms with E-state index in [0.29, 0.717) is 46.4 Å². The highest BCUT2D eigenvalue weighted by Crippen LogP contribution is 2.27. The second kappa shape index (κ2) is 11.4. The summed E-state index contributed by atoms with van der Waals surface area (Å²) in [7, 11) is 0. The lowest BCUT2D eigenvalue weighted by atomic mass is 10.1. The molecule has 4 heterocycles. The summed E-state index contributed by atoms with van der Waals surface area (Å²) in [4.78, 5) is 11.5. The van der Waals surface area contributed by atoms with Gasteiger partial charge in [0.05, 0.1) is 41.5 Å². The number of aliphatic hydroxyl groups excluding tert-OH is 1. The third-order valence-electron chi connectivity index (χ3n) is 7.15. The normalized spacial score (nSPS) is 17.4. The molecule has 40 heavy (non-hydrogen) atoms. The van der Waals surface area contributed by atoms with Gasteiger partial charge < -0.3 is 29.0 Å². The maximum Gasteiger partial charge on any atom is 0.178 e. The van der Waals surface area contributed by atoms with Gasteiger partial charge >= 0.3 is 0 Å². The molecule has 10 nitrogen and oxygen atoms in total. The summed E-state index contributed by atoms with van der Waals surface area (Å²) in [5, 5.41) is 29.1. The fourth-order valence-electron chi connectivity index (χ4n) is 4.90. The minimum atomic E-state index is -1.53. The number of aliphatic hydroxyl groups is 2. The first kappa shape index (κ1) is 26.5. The van der Waals surface area contributed by atoms with Crippen LogP contribution in [-0.4, -0.2) is 61.6 Å². The zero-order chi connectivity index (χ0) is 27.6. The van der Waals surface area contributed by atoms with E-state index in [1.165, 1.54) is 0 Å². The molecule has 2 aromatic carbocycles. The van der Waals surface area contributed by atoms with Crippen molar-refractivity contribution in [3.63, 3.8) is 0 Å². The third kappa shape index (κ3) is 5.75. The Labute approximate surface area is 235 Å². The van der Waals surface area contributed by atoms with Crippen LogP contribution in [0.25, 0.3) is 11.0 Å². The average molecular weight is 562 g/mol. The predicted octanol–water partition coefficient (Wildman–Crippen LogP) is 3.57. The van der Waals surface area contributed by atoms with Gasteiger partial charge in [-0.05, 0) is 42.8 Å². The highest BCUT2D eigenvalue weighted by atomic mass is 35.5. The maximum atomic E-state index is 9.64. The van der Waals surface area contributed by atoms with Gasteiger partial charge in [0.1, 0.15) is 36.1 Å². The number of fused-ring (bicyclic) bond motifs is 1. The summed E-state index contributed by atoms with van der Waals surface area (Å²) in [6.45, 7) is 3.78. The quantitative estimate of drug-likeness (QED) is 0.279. The summed E-state index contributed by atoms with van der Waals surface area (Å²) in [6.07, 6.45) is 1.32. The van der Waals surface area contributed by atoms with Crippen LogP contribution in [0.4, 0.5) is 0 Å². The van der Waals surface area contributed by atoms with Gasteiger partial charge in [0.2, 0.25) is 0 Å². The molecule has 0 saturated carbocycles. The molecule has 2 saturated heterocycles. The Bertz CT molecular complexity index is 1560. The summed E-state index contributed by atoms with van der Waals surface area (Å²) < 4.78 is 19.8. The van der Waals surface area contributed by atoms with Crippen LogP contribution < -0.4 is 9.47 Å². The van der Waals surface area contributed by atoms with Crippen molar-refractivity contribution >= 4 is 22.6 Å². The molecule has 206 valence electrons. The van der Waals surface area contributed by atoms with Crippen molar-refractivity contribution in [1.82, 2.24) is 19.4 Å². The predicted molar refractivity (Wildman–Crippen MR) is 146 cm³/mol. The Balaban J connectivity index is 1.07. The van der Waals surface area contributed by atoms with Crippen molar-refractivity contribution in [3.8, 4) is 17.6 Å². The first-order chi connectivity index (χ1) is 19.4. The minimum absolute atomic E-state index is 0.0292. The largest absolute Gasteiger partial charge is 0.488 e. The number of nitriles is 1. The maximum absolute atomic E-state index is 9.64. The molecule has 2 aromatic heterocycles. The molecule has 2 aliphatic rings. The van der Waals surface area contributed by atoms with Crippen molar-refractivity contribution in [2.75, 3.05) is 19.7 Å². The van der Waals surface area contributed by atoms with Crippen LogP contribution in [0.1, 0.15) is 35.4 Å². The molecule has 2 fully saturated rings. The summed E-state index contributed by atoms with van der Waals surface area (Å²) in [5.41, 5.74) is 3.19. The molecule has 4 aromatic rings. The van der Waals surface area contributed by atoms with Crippen LogP contribution in [0.2, 0.25) is 5.02 Å². The highest BCUT2D eigenvalue weighted by Gasteiger charge is 2.31. The van der Waals surface area contributed by atoms with Gasteiger partial charge in [-0.15, -0.1) is 0 Å². The smallest absolute Gasteiger partial charge is 0.178 e. The van der Waals surface area contributed by atoms with Gasteiger partial charge in [0.25, 0.3) is 0 Å². The first-order valence-electron chi connectivity index (χ1n) is 13.1. The zero-order valence-corrected chi connectivity index (χ0v) is 22.4. The zero-order valence-electron chi connectivity index (χ0n) is 21.6. The van der Waals surface area contributed by atoms with E-state index < -0.39 is 6.29 Å². The van der Waals surface area contributed by atoms with Gasteiger partial charge in [-0.3, -0.25) is 9.88 Å². The van der Waals surface area contributed by atoms with E-state index in [0.717, 1.165) is 43.0 Å². The van der Waals surface area contributed by atoms with E-state index >= 15 is 0 Å². The molecule has 0 unspecified atom stereocenters. The molecule has 0 bridgehead atoms. The van der Waals surface area contributed by atoms with Crippen molar-refractivity contribution in [3.05, 3.63) is 82.4 Å². The fourth-order valence-corrected chi connectivity index (χ4v) is 5.07. The molecular weight excluding hydrogens is 534 g/mol. The van der Waals surface area contributed by atoms with Crippen molar-refractivity contribution in [2.45, 2.75) is 44.6 Å². The summed E-state index contributed by atoms with van der Waals surface area (Å²) in [6, 6.07) is 16.0. The van der Waals surface area contributed by atoms with E-state index in [2.05, 4.69) is 20.5 Å². The van der Waals surface area contributed by atoms with Crippen LogP contribution >= 0.6 is 11.6 Å². The van der Waals surface area contributed by atoms with E-state index in [-0.39, 0.29) is 18.8 Å². The Morgan fingerprint density at radius 1 is 1.15 bits per heavy atom. The van der Waals surface area contributed by atoms with Gasteiger partial charge in [0.15, 0.2) is 6.29 Å². The molecule has 0 radical (unpaired) electrons. The molecule has 0 aliphatic carbocycles. The second-order valence-corrected chi connectivity index (χ2v) is 10.4. The number of aromatic nitrogens is 3. The van der Waals surface area contributed by atoms with E-state index in [1.807, 2.05) is 18.2 Å². The Kier molecular flexibility index (Phi) is 7.56. The first-order valence-corrected chi connectivity index (χ1v) is 13.5. The van der Waals surface area contributed by atoms with E-state index in [9.17, 15) is 15.5 Å². The molecule has 2 aliphatic heterocycles. The third-order valence-corrected chi connectivity index (χ3v) is 7.38. The van der Waals surface area contributed by atoms with Crippen molar-refractivity contribution in [1.29, 1.82) is 5.26 Å². The minimum Gasteiger partial charge on any atom is -0.488 e. The lowest BCUT2D eigenvalue weighted by molar-refractivity contribution is -0.0596. The monoisotopic (exact) mass is 561 g/mol. The standard InChI is InChI=1S/C29H28ClN5O5/c30-20-2-4-27(19(9-20)12-31)39-17-21-11-22(5-7-32-21)40-24-13-34(14-24)16-28-33-25-3-1-18(29(36)37)10-26(25)35(28)15-23-6-8-38-23/h1-5,7,9-11,23-24,29,36-37H,6,8,13-17H2/t23-/m0/s1. The van der Waals surface area contributed by atoms with Crippen LogP contribution in [0.3, 0.4) is 0 Å². The average Bonchev–Trinajstić information content (AvgIpc) is 3.24. The number of halogens is 1. The number of imidazole rings is 1. The summed E-state index contributed by atoms with van der Waals surface area (Å²) in [5.74, 6) is 2.07. The number of hydrogen-bond acceptors (Lipinski definition) is 9. The number of nitrogens with zero attached hydrogens (tertiary/aromatic N) is 5. The van der Waals surface area contributed by atoms with Gasteiger partial charge in [-0.2, -0.15) is 5.26 Å². The molecule has 0 spiro atoms. The Hall–Kier alpha value is -3.72. The van der Waals surface area contributed by atoms with Gasteiger partial charge in [-0.25, -0.2) is 4.98 Å². The highest BCUT2D eigenvalue weighted by molar-refractivity contribution is 6.30. The number of likely N-dealkylation sites (tertiary alicyclic amines) is 1. The van der Waals surface area contributed by atoms with Crippen LogP contribution in [0.5, 0.6) is 11.5 Å². The van der Waals surface area contributed by atoms with Gasteiger partial charge in [0, 0.05) is 42.5 Å².